The SMILES string of the molecule is CCCC1CCC(C(=O)OC2CCC(OCC)C(F)C2F)CC1. The van der Waals surface area contributed by atoms with E-state index in [0.717, 1.165) is 25.7 Å². The van der Waals surface area contributed by atoms with Crippen molar-refractivity contribution in [3.8, 4) is 0 Å². The summed E-state index contributed by atoms with van der Waals surface area (Å²) in [6.45, 7) is 4.30. The van der Waals surface area contributed by atoms with Crippen LogP contribution in [0.4, 0.5) is 8.78 Å². The van der Waals surface area contributed by atoms with Crippen LogP contribution in [0.1, 0.15) is 65.2 Å². The summed E-state index contributed by atoms with van der Waals surface area (Å²) >= 11 is 0. The molecule has 3 nitrogen and oxygen atoms in total. The molecule has 0 aromatic heterocycles. The maximum absolute atomic E-state index is 14.2. The number of esters is 1. The largest absolute Gasteiger partial charge is 0.459 e. The van der Waals surface area contributed by atoms with Gasteiger partial charge in [-0.05, 0) is 51.4 Å². The molecular formula is C18H30F2O3. The lowest BCUT2D eigenvalue weighted by molar-refractivity contribution is -0.169. The zero-order valence-electron chi connectivity index (χ0n) is 14.3. The van der Waals surface area contributed by atoms with Crippen LogP contribution < -0.4 is 0 Å². The van der Waals surface area contributed by atoms with Gasteiger partial charge in [0.25, 0.3) is 0 Å². The molecule has 0 aromatic carbocycles. The molecule has 4 atom stereocenters. The molecular weight excluding hydrogens is 302 g/mol. The van der Waals surface area contributed by atoms with Crippen LogP contribution in [0.15, 0.2) is 0 Å². The standard InChI is InChI=1S/C18H30F2O3/c1-3-5-12-6-8-13(9-7-12)18(21)23-15-11-10-14(22-4-2)16(19)17(15)20/h12-17H,3-11H2,1-2H3. The van der Waals surface area contributed by atoms with E-state index in [4.69, 9.17) is 9.47 Å². The molecule has 2 aliphatic rings. The highest BCUT2D eigenvalue weighted by molar-refractivity contribution is 5.72. The predicted octanol–water partition coefficient (Wildman–Crippen LogP) is 4.38. The van der Waals surface area contributed by atoms with E-state index in [1.807, 2.05) is 0 Å². The van der Waals surface area contributed by atoms with Gasteiger partial charge in [0, 0.05) is 6.61 Å². The second-order valence-electron chi connectivity index (χ2n) is 6.94. The van der Waals surface area contributed by atoms with E-state index in [0.29, 0.717) is 25.4 Å². The van der Waals surface area contributed by atoms with Gasteiger partial charge in [0.1, 0.15) is 6.10 Å². The minimum absolute atomic E-state index is 0.141. The van der Waals surface area contributed by atoms with E-state index in [1.54, 1.807) is 6.92 Å². The topological polar surface area (TPSA) is 35.5 Å². The Hall–Kier alpha value is -0.710. The first kappa shape index (κ1) is 18.6. The van der Waals surface area contributed by atoms with Crippen molar-refractivity contribution in [3.05, 3.63) is 0 Å². The molecule has 2 saturated carbocycles. The highest BCUT2D eigenvalue weighted by Crippen LogP contribution is 2.34. The third-order valence-corrected chi connectivity index (χ3v) is 5.28. The Morgan fingerprint density at radius 1 is 0.957 bits per heavy atom. The summed E-state index contributed by atoms with van der Waals surface area (Å²) in [5.74, 6) is 0.225. The fourth-order valence-corrected chi connectivity index (χ4v) is 3.91. The highest BCUT2D eigenvalue weighted by atomic mass is 19.2. The summed E-state index contributed by atoms with van der Waals surface area (Å²) in [5.41, 5.74) is 0. The molecule has 134 valence electrons. The first-order chi connectivity index (χ1) is 11.1. The lowest BCUT2D eigenvalue weighted by Gasteiger charge is -2.35. The maximum atomic E-state index is 14.2. The van der Waals surface area contributed by atoms with Crippen molar-refractivity contribution in [3.63, 3.8) is 0 Å². The molecule has 23 heavy (non-hydrogen) atoms. The minimum Gasteiger partial charge on any atom is -0.459 e. The summed E-state index contributed by atoms with van der Waals surface area (Å²) in [6, 6.07) is 0. The van der Waals surface area contributed by atoms with Gasteiger partial charge in [-0.3, -0.25) is 4.79 Å². The van der Waals surface area contributed by atoms with Gasteiger partial charge in [-0.2, -0.15) is 0 Å². The number of alkyl halides is 2. The highest BCUT2D eigenvalue weighted by Gasteiger charge is 2.43. The molecule has 2 aliphatic carbocycles. The van der Waals surface area contributed by atoms with E-state index < -0.39 is 24.6 Å². The lowest BCUT2D eigenvalue weighted by Crippen LogP contribution is -2.47. The Bertz CT molecular complexity index is 369. The van der Waals surface area contributed by atoms with Crippen molar-refractivity contribution in [2.24, 2.45) is 11.8 Å². The zero-order valence-corrected chi connectivity index (χ0v) is 14.3. The molecule has 0 heterocycles. The Balaban J connectivity index is 1.79. The number of carbonyl (C=O) groups excluding carboxylic acids is 1. The lowest BCUT2D eigenvalue weighted by atomic mass is 9.80. The molecule has 0 aromatic rings. The van der Waals surface area contributed by atoms with Crippen LogP contribution in [0.2, 0.25) is 0 Å². The van der Waals surface area contributed by atoms with E-state index in [1.165, 1.54) is 12.8 Å². The van der Waals surface area contributed by atoms with E-state index in [2.05, 4.69) is 6.92 Å². The molecule has 0 radical (unpaired) electrons. The maximum Gasteiger partial charge on any atom is 0.309 e. The average Bonchev–Trinajstić information content (AvgIpc) is 2.55. The number of ether oxygens (including phenoxy) is 2. The van der Waals surface area contributed by atoms with Crippen LogP contribution >= 0.6 is 0 Å². The monoisotopic (exact) mass is 332 g/mol. The molecule has 5 heteroatoms. The van der Waals surface area contributed by atoms with Crippen molar-refractivity contribution < 1.29 is 23.0 Å². The second-order valence-corrected chi connectivity index (χ2v) is 6.94. The van der Waals surface area contributed by atoms with Gasteiger partial charge in [0.15, 0.2) is 12.3 Å². The second kappa shape index (κ2) is 8.95. The van der Waals surface area contributed by atoms with Crippen LogP contribution in [0, 0.1) is 11.8 Å². The summed E-state index contributed by atoms with van der Waals surface area (Å²) in [4.78, 5) is 12.2. The van der Waals surface area contributed by atoms with Crippen LogP contribution in [0.25, 0.3) is 0 Å². The minimum atomic E-state index is -1.78. The molecule has 0 spiro atoms. The van der Waals surface area contributed by atoms with Crippen molar-refractivity contribution in [1.29, 1.82) is 0 Å². The Labute approximate surface area is 138 Å². The van der Waals surface area contributed by atoms with E-state index in [-0.39, 0.29) is 11.9 Å². The Morgan fingerprint density at radius 3 is 2.17 bits per heavy atom. The number of halogens is 2. The molecule has 0 bridgehead atoms. The van der Waals surface area contributed by atoms with Crippen LogP contribution in [0.3, 0.4) is 0 Å². The smallest absolute Gasteiger partial charge is 0.309 e. The Morgan fingerprint density at radius 2 is 1.57 bits per heavy atom. The first-order valence-electron chi connectivity index (χ1n) is 9.17. The van der Waals surface area contributed by atoms with Gasteiger partial charge >= 0.3 is 5.97 Å². The van der Waals surface area contributed by atoms with Crippen LogP contribution in [-0.2, 0) is 14.3 Å². The first-order valence-corrected chi connectivity index (χ1v) is 9.17. The molecule has 0 aliphatic heterocycles. The quantitative estimate of drug-likeness (QED) is 0.677. The predicted molar refractivity (Wildman–Crippen MR) is 84.7 cm³/mol. The Kier molecular flexibility index (Phi) is 7.25. The molecule has 2 fully saturated rings. The average molecular weight is 332 g/mol. The van der Waals surface area contributed by atoms with Gasteiger partial charge in [-0.15, -0.1) is 0 Å². The summed E-state index contributed by atoms with van der Waals surface area (Å²) in [7, 11) is 0. The van der Waals surface area contributed by atoms with Gasteiger partial charge in [-0.1, -0.05) is 19.8 Å². The normalized spacial score (nSPS) is 38.3. The number of hydrogen-bond donors (Lipinski definition) is 0. The van der Waals surface area contributed by atoms with Crippen LogP contribution in [0.5, 0.6) is 0 Å². The summed E-state index contributed by atoms with van der Waals surface area (Å²) in [5, 5.41) is 0. The van der Waals surface area contributed by atoms with Gasteiger partial charge in [0.2, 0.25) is 0 Å². The third kappa shape index (κ3) is 4.88. The van der Waals surface area contributed by atoms with Gasteiger partial charge in [0.05, 0.1) is 12.0 Å². The number of carbonyl (C=O) groups is 1. The molecule has 0 saturated heterocycles. The molecule has 0 N–H and O–H groups in total. The third-order valence-electron chi connectivity index (χ3n) is 5.28. The van der Waals surface area contributed by atoms with E-state index >= 15 is 0 Å². The van der Waals surface area contributed by atoms with E-state index in [9.17, 15) is 13.6 Å². The summed E-state index contributed by atoms with van der Waals surface area (Å²) < 4.78 is 38.7. The molecule has 2 rings (SSSR count). The van der Waals surface area contributed by atoms with Crippen molar-refractivity contribution in [2.45, 2.75) is 89.8 Å². The summed E-state index contributed by atoms with van der Waals surface area (Å²) in [6.07, 6.45) is 1.66. The number of hydrogen-bond acceptors (Lipinski definition) is 3. The van der Waals surface area contributed by atoms with Crippen molar-refractivity contribution >= 4 is 5.97 Å². The van der Waals surface area contributed by atoms with Crippen molar-refractivity contribution in [1.82, 2.24) is 0 Å². The fraction of sp³-hybridized carbons (Fsp3) is 0.944. The number of rotatable bonds is 6. The van der Waals surface area contributed by atoms with Crippen molar-refractivity contribution in [2.75, 3.05) is 6.61 Å². The molecule has 0 amide bonds. The zero-order chi connectivity index (χ0) is 16.8. The van der Waals surface area contributed by atoms with Gasteiger partial charge < -0.3 is 9.47 Å². The van der Waals surface area contributed by atoms with Crippen LogP contribution in [-0.4, -0.2) is 37.1 Å². The van der Waals surface area contributed by atoms with Gasteiger partial charge in [-0.25, -0.2) is 8.78 Å². The molecule has 4 unspecified atom stereocenters. The fourth-order valence-electron chi connectivity index (χ4n) is 3.91.